The first-order valence-electron chi connectivity index (χ1n) is 7.85. The molecule has 2 atom stereocenters. The molecule has 1 saturated heterocycles. The molecule has 1 aliphatic heterocycles. The highest BCUT2D eigenvalue weighted by Crippen LogP contribution is 2.24. The summed E-state index contributed by atoms with van der Waals surface area (Å²) >= 11 is 0. The van der Waals surface area contributed by atoms with Gasteiger partial charge in [-0.15, -0.1) is 0 Å². The summed E-state index contributed by atoms with van der Waals surface area (Å²) in [5.41, 5.74) is 6.45. The van der Waals surface area contributed by atoms with Gasteiger partial charge in [0.1, 0.15) is 0 Å². The summed E-state index contributed by atoms with van der Waals surface area (Å²) in [6, 6.07) is 6.38. The standard InChI is InChI=1S/C17H23N3O3/c1-11-6-4-7-12(2)19(11)16(22)17(23)20(13(3)21)15-9-5-8-14(18)10-15/h5,8-12H,4,6-7,18H2,1-3H3. The van der Waals surface area contributed by atoms with Crippen molar-refractivity contribution in [3.05, 3.63) is 24.3 Å². The zero-order chi connectivity index (χ0) is 17.1. The first kappa shape index (κ1) is 17.0. The third-order valence-corrected chi connectivity index (χ3v) is 4.26. The lowest BCUT2D eigenvalue weighted by atomic mass is 9.97. The predicted octanol–water partition coefficient (Wildman–Crippen LogP) is 1.94. The molecule has 0 spiro atoms. The van der Waals surface area contributed by atoms with E-state index in [0.29, 0.717) is 11.4 Å². The second-order valence-electron chi connectivity index (χ2n) is 6.10. The van der Waals surface area contributed by atoms with Crippen LogP contribution in [0.3, 0.4) is 0 Å². The molecule has 0 bridgehead atoms. The Labute approximate surface area is 136 Å². The Hall–Kier alpha value is -2.37. The summed E-state index contributed by atoms with van der Waals surface area (Å²) in [6.07, 6.45) is 2.76. The van der Waals surface area contributed by atoms with Gasteiger partial charge < -0.3 is 10.6 Å². The minimum absolute atomic E-state index is 0.00940. The van der Waals surface area contributed by atoms with Gasteiger partial charge in [0.2, 0.25) is 5.91 Å². The van der Waals surface area contributed by atoms with Crippen LogP contribution in [0.5, 0.6) is 0 Å². The molecule has 6 heteroatoms. The Bertz CT molecular complexity index is 619. The fourth-order valence-electron chi connectivity index (χ4n) is 3.13. The van der Waals surface area contributed by atoms with Crippen LogP contribution in [0.25, 0.3) is 0 Å². The Morgan fingerprint density at radius 3 is 2.30 bits per heavy atom. The quantitative estimate of drug-likeness (QED) is 0.634. The molecule has 2 N–H and O–H groups in total. The molecule has 0 aliphatic carbocycles. The van der Waals surface area contributed by atoms with E-state index in [1.807, 2.05) is 13.8 Å². The molecule has 1 aliphatic rings. The van der Waals surface area contributed by atoms with Crippen LogP contribution in [0, 0.1) is 0 Å². The Morgan fingerprint density at radius 1 is 1.17 bits per heavy atom. The lowest BCUT2D eigenvalue weighted by molar-refractivity contribution is -0.149. The molecule has 6 nitrogen and oxygen atoms in total. The average molecular weight is 317 g/mol. The highest BCUT2D eigenvalue weighted by atomic mass is 16.2. The maximum Gasteiger partial charge on any atom is 0.323 e. The molecule has 0 aromatic heterocycles. The van der Waals surface area contributed by atoms with Crippen LogP contribution < -0.4 is 10.6 Å². The van der Waals surface area contributed by atoms with E-state index >= 15 is 0 Å². The summed E-state index contributed by atoms with van der Waals surface area (Å²) in [4.78, 5) is 39.8. The van der Waals surface area contributed by atoms with E-state index in [-0.39, 0.29) is 12.1 Å². The van der Waals surface area contributed by atoms with E-state index in [4.69, 9.17) is 5.73 Å². The molecule has 0 saturated carbocycles. The molecule has 1 aromatic rings. The van der Waals surface area contributed by atoms with Gasteiger partial charge in [-0.3, -0.25) is 14.4 Å². The smallest absolute Gasteiger partial charge is 0.323 e. The topological polar surface area (TPSA) is 83.7 Å². The summed E-state index contributed by atoms with van der Waals surface area (Å²) in [5.74, 6) is -1.97. The van der Waals surface area contributed by atoms with Crippen molar-refractivity contribution in [2.24, 2.45) is 0 Å². The van der Waals surface area contributed by atoms with Crippen LogP contribution in [-0.4, -0.2) is 34.7 Å². The zero-order valence-corrected chi connectivity index (χ0v) is 13.8. The molecular weight excluding hydrogens is 294 g/mol. The van der Waals surface area contributed by atoms with Crippen molar-refractivity contribution < 1.29 is 14.4 Å². The van der Waals surface area contributed by atoms with Gasteiger partial charge in [-0.2, -0.15) is 0 Å². The van der Waals surface area contributed by atoms with Crippen LogP contribution >= 0.6 is 0 Å². The Morgan fingerprint density at radius 2 is 1.78 bits per heavy atom. The molecular formula is C17H23N3O3. The van der Waals surface area contributed by atoms with Crippen LogP contribution in [0.4, 0.5) is 11.4 Å². The molecule has 124 valence electrons. The van der Waals surface area contributed by atoms with E-state index < -0.39 is 17.7 Å². The van der Waals surface area contributed by atoms with Gasteiger partial charge in [-0.1, -0.05) is 6.07 Å². The number of rotatable bonds is 1. The Balaban J connectivity index is 2.31. The lowest BCUT2D eigenvalue weighted by Gasteiger charge is -2.39. The van der Waals surface area contributed by atoms with Gasteiger partial charge in [-0.05, 0) is 51.3 Å². The van der Waals surface area contributed by atoms with Crippen molar-refractivity contribution in [2.75, 3.05) is 10.6 Å². The van der Waals surface area contributed by atoms with Gasteiger partial charge in [0.05, 0.1) is 5.69 Å². The zero-order valence-electron chi connectivity index (χ0n) is 13.8. The molecule has 0 radical (unpaired) electrons. The van der Waals surface area contributed by atoms with Gasteiger partial charge >= 0.3 is 11.8 Å². The number of anilines is 2. The van der Waals surface area contributed by atoms with Crippen LogP contribution in [0.1, 0.15) is 40.0 Å². The number of likely N-dealkylation sites (tertiary alicyclic amines) is 1. The lowest BCUT2D eigenvalue weighted by Crippen LogP contribution is -2.54. The van der Waals surface area contributed by atoms with Crippen molar-refractivity contribution in [1.82, 2.24) is 4.90 Å². The van der Waals surface area contributed by atoms with E-state index in [1.165, 1.54) is 13.0 Å². The average Bonchev–Trinajstić information content (AvgIpc) is 2.46. The maximum atomic E-state index is 12.7. The van der Waals surface area contributed by atoms with Gasteiger partial charge in [0.15, 0.2) is 0 Å². The molecule has 2 unspecified atom stereocenters. The van der Waals surface area contributed by atoms with E-state index in [0.717, 1.165) is 24.2 Å². The molecule has 1 fully saturated rings. The maximum absolute atomic E-state index is 12.7. The second kappa shape index (κ2) is 6.81. The molecule has 2 rings (SSSR count). The number of nitrogen functional groups attached to an aromatic ring is 1. The van der Waals surface area contributed by atoms with Crippen molar-refractivity contribution >= 4 is 29.1 Å². The molecule has 23 heavy (non-hydrogen) atoms. The van der Waals surface area contributed by atoms with Gasteiger partial charge in [0, 0.05) is 24.7 Å². The second-order valence-corrected chi connectivity index (χ2v) is 6.10. The number of imide groups is 1. The van der Waals surface area contributed by atoms with Crippen LogP contribution in [0.2, 0.25) is 0 Å². The summed E-state index contributed by atoms with van der Waals surface area (Å²) in [6.45, 7) is 5.12. The van der Waals surface area contributed by atoms with E-state index in [9.17, 15) is 14.4 Å². The fourth-order valence-corrected chi connectivity index (χ4v) is 3.13. The first-order chi connectivity index (χ1) is 10.8. The van der Waals surface area contributed by atoms with Crippen molar-refractivity contribution in [3.8, 4) is 0 Å². The van der Waals surface area contributed by atoms with Gasteiger partial charge in [0.25, 0.3) is 0 Å². The number of nitrogens with two attached hydrogens (primary N) is 1. The third kappa shape index (κ3) is 3.52. The number of carbonyl (C=O) groups is 3. The van der Waals surface area contributed by atoms with Crippen molar-refractivity contribution in [1.29, 1.82) is 0 Å². The fraction of sp³-hybridized carbons (Fsp3) is 0.471. The molecule has 3 amide bonds. The monoisotopic (exact) mass is 317 g/mol. The normalized spacial score (nSPS) is 20.9. The summed E-state index contributed by atoms with van der Waals surface area (Å²) in [5, 5.41) is 0. The number of amides is 3. The minimum atomic E-state index is -0.830. The summed E-state index contributed by atoms with van der Waals surface area (Å²) < 4.78 is 0. The highest BCUT2D eigenvalue weighted by molar-refractivity contribution is 6.45. The molecule has 1 heterocycles. The number of hydrogen-bond donors (Lipinski definition) is 1. The number of carbonyl (C=O) groups excluding carboxylic acids is 3. The first-order valence-corrected chi connectivity index (χ1v) is 7.85. The van der Waals surface area contributed by atoms with Crippen LogP contribution in [-0.2, 0) is 14.4 Å². The number of hydrogen-bond acceptors (Lipinski definition) is 4. The number of benzene rings is 1. The highest BCUT2D eigenvalue weighted by Gasteiger charge is 2.36. The van der Waals surface area contributed by atoms with E-state index in [2.05, 4.69) is 0 Å². The Kier molecular flexibility index (Phi) is 5.03. The van der Waals surface area contributed by atoms with Crippen LogP contribution in [0.15, 0.2) is 24.3 Å². The van der Waals surface area contributed by atoms with Crippen molar-refractivity contribution in [3.63, 3.8) is 0 Å². The van der Waals surface area contributed by atoms with Crippen molar-refractivity contribution in [2.45, 2.75) is 52.1 Å². The predicted molar refractivity (Wildman–Crippen MR) is 88.6 cm³/mol. The molecule has 1 aromatic carbocycles. The number of nitrogens with zero attached hydrogens (tertiary/aromatic N) is 2. The SMILES string of the molecule is CC(=O)N(C(=O)C(=O)N1C(C)CCCC1C)c1cccc(N)c1. The number of piperidine rings is 1. The van der Waals surface area contributed by atoms with Gasteiger partial charge in [-0.25, -0.2) is 4.90 Å². The largest absolute Gasteiger partial charge is 0.399 e. The minimum Gasteiger partial charge on any atom is -0.399 e. The third-order valence-electron chi connectivity index (χ3n) is 4.26. The van der Waals surface area contributed by atoms with E-state index in [1.54, 1.807) is 23.1 Å². The summed E-state index contributed by atoms with van der Waals surface area (Å²) in [7, 11) is 0.